The van der Waals surface area contributed by atoms with E-state index in [1.54, 1.807) is 6.33 Å². The maximum Gasteiger partial charge on any atom is 0.138 e. The van der Waals surface area contributed by atoms with Crippen molar-refractivity contribution < 1.29 is 5.11 Å². The summed E-state index contributed by atoms with van der Waals surface area (Å²) in [5, 5.41) is 14.3. The van der Waals surface area contributed by atoms with Gasteiger partial charge in [-0.05, 0) is 26.2 Å². The Kier molecular flexibility index (Phi) is 4.15. The summed E-state index contributed by atoms with van der Waals surface area (Å²) in [6.45, 7) is 4.17. The molecule has 1 aromatic rings. The summed E-state index contributed by atoms with van der Waals surface area (Å²) < 4.78 is 1.90. The summed E-state index contributed by atoms with van der Waals surface area (Å²) >= 11 is 0. The summed E-state index contributed by atoms with van der Waals surface area (Å²) in [4.78, 5) is 4.24. The molecule has 1 aliphatic carbocycles. The van der Waals surface area contributed by atoms with Gasteiger partial charge < -0.3 is 5.11 Å². The Morgan fingerprint density at radius 3 is 2.76 bits per heavy atom. The van der Waals surface area contributed by atoms with Crippen LogP contribution in [0.15, 0.2) is 6.33 Å². The van der Waals surface area contributed by atoms with Crippen LogP contribution in [0.1, 0.15) is 57.8 Å². The molecule has 1 fully saturated rings. The van der Waals surface area contributed by atoms with Crippen molar-refractivity contribution in [2.24, 2.45) is 5.92 Å². The first kappa shape index (κ1) is 12.6. The first-order valence-corrected chi connectivity index (χ1v) is 6.73. The van der Waals surface area contributed by atoms with Crippen molar-refractivity contribution in [2.45, 2.75) is 64.5 Å². The van der Waals surface area contributed by atoms with E-state index in [1.807, 2.05) is 4.68 Å². The zero-order chi connectivity index (χ0) is 12.3. The van der Waals surface area contributed by atoms with E-state index in [1.165, 1.54) is 25.7 Å². The van der Waals surface area contributed by atoms with E-state index < -0.39 is 0 Å². The lowest BCUT2D eigenvalue weighted by Crippen LogP contribution is -2.19. The van der Waals surface area contributed by atoms with E-state index in [2.05, 4.69) is 23.9 Å². The molecule has 1 heterocycles. The van der Waals surface area contributed by atoms with E-state index in [0.29, 0.717) is 12.5 Å². The van der Waals surface area contributed by atoms with Gasteiger partial charge in [-0.1, -0.05) is 25.7 Å². The van der Waals surface area contributed by atoms with Crippen LogP contribution in [0.4, 0.5) is 0 Å². The Hall–Kier alpha value is -0.900. The number of hydrogen-bond acceptors (Lipinski definition) is 3. The second kappa shape index (κ2) is 5.63. The summed E-state index contributed by atoms with van der Waals surface area (Å²) in [5.74, 6) is 1.63. The highest BCUT2D eigenvalue weighted by Gasteiger charge is 2.20. The molecule has 0 aliphatic heterocycles. The largest absolute Gasteiger partial charge is 0.393 e. The average Bonchev–Trinajstić information content (AvgIpc) is 2.88. The van der Waals surface area contributed by atoms with Crippen LogP contribution in [0.2, 0.25) is 0 Å². The van der Waals surface area contributed by atoms with Crippen molar-refractivity contribution in [2.75, 3.05) is 0 Å². The second-order valence-corrected chi connectivity index (χ2v) is 5.46. The van der Waals surface area contributed by atoms with Crippen LogP contribution in [0.25, 0.3) is 0 Å². The van der Waals surface area contributed by atoms with Gasteiger partial charge in [0.2, 0.25) is 0 Å². The number of nitrogens with zero attached hydrogens (tertiary/aromatic N) is 3. The molecule has 0 saturated heterocycles. The third kappa shape index (κ3) is 3.28. The minimum atomic E-state index is -0.264. The molecule has 1 unspecified atom stereocenters. The van der Waals surface area contributed by atoms with Crippen molar-refractivity contribution in [3.8, 4) is 0 Å². The Labute approximate surface area is 103 Å². The van der Waals surface area contributed by atoms with Crippen LogP contribution in [0.3, 0.4) is 0 Å². The molecule has 0 aromatic carbocycles. The Bertz CT molecular complexity index is 342. The van der Waals surface area contributed by atoms with Gasteiger partial charge in [0.1, 0.15) is 12.2 Å². The third-order valence-electron chi connectivity index (χ3n) is 3.63. The molecule has 1 aliphatic rings. The molecule has 0 radical (unpaired) electrons. The molecule has 2 rings (SSSR count). The smallest absolute Gasteiger partial charge is 0.138 e. The van der Waals surface area contributed by atoms with E-state index >= 15 is 0 Å². The van der Waals surface area contributed by atoms with Crippen molar-refractivity contribution in [1.29, 1.82) is 0 Å². The molecule has 0 amide bonds. The number of aromatic nitrogens is 3. The lowest BCUT2D eigenvalue weighted by atomic mass is 9.98. The van der Waals surface area contributed by atoms with Crippen LogP contribution < -0.4 is 0 Å². The van der Waals surface area contributed by atoms with Gasteiger partial charge in [0, 0.05) is 12.5 Å². The molecular weight excluding hydrogens is 214 g/mol. The van der Waals surface area contributed by atoms with Gasteiger partial charge in [-0.25, -0.2) is 9.67 Å². The van der Waals surface area contributed by atoms with E-state index in [9.17, 15) is 5.11 Å². The van der Waals surface area contributed by atoms with Gasteiger partial charge in [0.25, 0.3) is 0 Å². The van der Waals surface area contributed by atoms with Crippen molar-refractivity contribution in [3.05, 3.63) is 12.2 Å². The van der Waals surface area contributed by atoms with E-state index in [-0.39, 0.29) is 6.10 Å². The van der Waals surface area contributed by atoms with Crippen LogP contribution in [0, 0.1) is 5.92 Å². The first-order valence-electron chi connectivity index (χ1n) is 6.73. The fourth-order valence-electron chi connectivity index (χ4n) is 2.78. The van der Waals surface area contributed by atoms with Gasteiger partial charge in [-0.2, -0.15) is 5.10 Å². The number of rotatable bonds is 5. The van der Waals surface area contributed by atoms with Gasteiger partial charge in [-0.15, -0.1) is 0 Å². The molecule has 17 heavy (non-hydrogen) atoms. The second-order valence-electron chi connectivity index (χ2n) is 5.46. The molecule has 0 spiro atoms. The topological polar surface area (TPSA) is 50.9 Å². The normalized spacial score (nSPS) is 19.1. The lowest BCUT2D eigenvalue weighted by Gasteiger charge is -2.16. The van der Waals surface area contributed by atoms with E-state index in [0.717, 1.165) is 18.2 Å². The minimum Gasteiger partial charge on any atom is -0.393 e. The van der Waals surface area contributed by atoms with Crippen LogP contribution in [0.5, 0.6) is 0 Å². The summed E-state index contributed by atoms with van der Waals surface area (Å²) in [5.41, 5.74) is 0. The molecule has 1 atom stereocenters. The molecule has 1 N–H and O–H groups in total. The summed E-state index contributed by atoms with van der Waals surface area (Å²) in [7, 11) is 0. The molecular formula is C13H23N3O. The predicted molar refractivity (Wildman–Crippen MR) is 66.7 cm³/mol. The fraction of sp³-hybridized carbons (Fsp3) is 0.846. The van der Waals surface area contributed by atoms with Crippen LogP contribution in [-0.4, -0.2) is 26.0 Å². The minimum absolute atomic E-state index is 0.264. The Balaban J connectivity index is 1.88. The van der Waals surface area contributed by atoms with Crippen molar-refractivity contribution in [1.82, 2.24) is 14.8 Å². The number of hydrogen-bond donors (Lipinski definition) is 1. The monoisotopic (exact) mass is 237 g/mol. The molecule has 0 bridgehead atoms. The quantitative estimate of drug-likeness (QED) is 0.855. The maximum absolute atomic E-state index is 10.1. The lowest BCUT2D eigenvalue weighted by molar-refractivity contribution is 0.139. The van der Waals surface area contributed by atoms with Crippen LogP contribution >= 0.6 is 0 Å². The molecule has 4 nitrogen and oxygen atoms in total. The number of aliphatic hydroxyl groups is 1. The van der Waals surface area contributed by atoms with Crippen molar-refractivity contribution >= 4 is 0 Å². The van der Waals surface area contributed by atoms with Gasteiger partial charge >= 0.3 is 0 Å². The highest BCUT2D eigenvalue weighted by Crippen LogP contribution is 2.29. The molecule has 1 aromatic heterocycles. The summed E-state index contributed by atoms with van der Waals surface area (Å²) in [6.07, 6.45) is 8.11. The van der Waals surface area contributed by atoms with Crippen LogP contribution in [-0.2, 0) is 6.42 Å². The first-order chi connectivity index (χ1) is 8.16. The number of aliphatic hydroxyl groups excluding tert-OH is 1. The Morgan fingerprint density at radius 1 is 1.41 bits per heavy atom. The standard InChI is InChI=1S/C13H23N3O/c1-10(2)16-13(14-9-15-16)8-12(17)7-11-5-3-4-6-11/h9-12,17H,3-8H2,1-2H3. The van der Waals surface area contributed by atoms with Gasteiger partial charge in [-0.3, -0.25) is 0 Å². The van der Waals surface area contributed by atoms with E-state index in [4.69, 9.17) is 0 Å². The predicted octanol–water partition coefficient (Wildman–Crippen LogP) is 2.34. The van der Waals surface area contributed by atoms with Crippen molar-refractivity contribution in [3.63, 3.8) is 0 Å². The SMILES string of the molecule is CC(C)n1ncnc1CC(O)CC1CCCC1. The highest BCUT2D eigenvalue weighted by molar-refractivity contribution is 4.90. The van der Waals surface area contributed by atoms with Gasteiger partial charge in [0.15, 0.2) is 0 Å². The van der Waals surface area contributed by atoms with Gasteiger partial charge in [0.05, 0.1) is 6.10 Å². The summed E-state index contributed by atoms with van der Waals surface area (Å²) in [6, 6.07) is 0.311. The third-order valence-corrected chi connectivity index (χ3v) is 3.63. The maximum atomic E-state index is 10.1. The molecule has 4 heteroatoms. The fourth-order valence-corrected chi connectivity index (χ4v) is 2.78. The zero-order valence-electron chi connectivity index (χ0n) is 10.8. The highest BCUT2D eigenvalue weighted by atomic mass is 16.3. The molecule has 96 valence electrons. The molecule has 1 saturated carbocycles. The zero-order valence-corrected chi connectivity index (χ0v) is 10.8. The average molecular weight is 237 g/mol. The Morgan fingerprint density at radius 2 is 2.12 bits per heavy atom.